The molecule has 1 heterocycles. The number of nitrogens with one attached hydrogen (secondary N) is 3. The van der Waals surface area contributed by atoms with Gasteiger partial charge >= 0.3 is 0 Å². The van der Waals surface area contributed by atoms with Crippen LogP contribution in [-0.4, -0.2) is 46.4 Å². The van der Waals surface area contributed by atoms with E-state index in [0.29, 0.717) is 19.1 Å². The second-order valence-corrected chi connectivity index (χ2v) is 6.08. The average molecular weight is 249 g/mol. The molecule has 3 N–H and O–H groups in total. The summed E-state index contributed by atoms with van der Waals surface area (Å²) in [5.74, 6) is 0.171. The lowest BCUT2D eigenvalue weighted by Crippen LogP contribution is -2.37. The molecule has 6 heteroatoms. The third kappa shape index (κ3) is 5.79. The molecule has 1 rings (SSSR count). The van der Waals surface area contributed by atoms with E-state index in [9.17, 15) is 8.42 Å². The number of hydrogen-bond donors (Lipinski definition) is 3. The van der Waals surface area contributed by atoms with E-state index in [1.54, 1.807) is 6.92 Å². The molecule has 1 saturated heterocycles. The van der Waals surface area contributed by atoms with Crippen LogP contribution in [0, 0.1) is 0 Å². The minimum atomic E-state index is -3.07. The molecule has 0 aromatic carbocycles. The molecule has 5 nitrogen and oxygen atoms in total. The van der Waals surface area contributed by atoms with Crippen molar-refractivity contribution in [1.82, 2.24) is 15.4 Å². The van der Waals surface area contributed by atoms with Gasteiger partial charge in [-0.25, -0.2) is 13.1 Å². The quantitative estimate of drug-likeness (QED) is 0.602. The Bertz CT molecular complexity index is 272. The maximum absolute atomic E-state index is 11.4. The van der Waals surface area contributed by atoms with Crippen molar-refractivity contribution in [3.63, 3.8) is 0 Å². The summed E-state index contributed by atoms with van der Waals surface area (Å²) in [6.07, 6.45) is 3.38. The molecule has 1 fully saturated rings. The van der Waals surface area contributed by atoms with Gasteiger partial charge in [0.25, 0.3) is 0 Å². The molecule has 1 unspecified atom stereocenters. The molecule has 1 atom stereocenters. The fourth-order valence-corrected chi connectivity index (χ4v) is 2.88. The molecule has 0 aromatic rings. The molecule has 0 aliphatic carbocycles. The molecule has 0 aromatic heterocycles. The van der Waals surface area contributed by atoms with Crippen molar-refractivity contribution in [1.29, 1.82) is 0 Å². The van der Waals surface area contributed by atoms with Gasteiger partial charge in [-0.15, -0.1) is 0 Å². The first-order valence-electron chi connectivity index (χ1n) is 6.05. The molecular formula is C10H23N3O2S. The lowest BCUT2D eigenvalue weighted by atomic mass is 10.1. The molecule has 16 heavy (non-hydrogen) atoms. The Morgan fingerprint density at radius 2 is 2.12 bits per heavy atom. The van der Waals surface area contributed by atoms with Gasteiger partial charge in [-0.1, -0.05) is 6.92 Å². The van der Waals surface area contributed by atoms with Crippen molar-refractivity contribution in [3.8, 4) is 0 Å². The first-order valence-corrected chi connectivity index (χ1v) is 7.70. The zero-order valence-electron chi connectivity index (χ0n) is 9.96. The summed E-state index contributed by atoms with van der Waals surface area (Å²) in [7, 11) is -3.07. The minimum absolute atomic E-state index is 0.171. The van der Waals surface area contributed by atoms with Gasteiger partial charge in [0.05, 0.1) is 5.75 Å². The van der Waals surface area contributed by atoms with Gasteiger partial charge in [-0.3, -0.25) is 0 Å². The predicted molar refractivity (Wildman–Crippen MR) is 66.0 cm³/mol. The first-order chi connectivity index (χ1) is 7.64. The van der Waals surface area contributed by atoms with Crippen LogP contribution in [0.3, 0.4) is 0 Å². The zero-order chi connectivity index (χ0) is 11.9. The van der Waals surface area contributed by atoms with Gasteiger partial charge in [0, 0.05) is 19.1 Å². The predicted octanol–water partition coefficient (Wildman–Crippen LogP) is -0.343. The first kappa shape index (κ1) is 13.9. The van der Waals surface area contributed by atoms with Crippen LogP contribution in [0.1, 0.15) is 26.2 Å². The van der Waals surface area contributed by atoms with Crippen molar-refractivity contribution in [2.24, 2.45) is 0 Å². The van der Waals surface area contributed by atoms with Crippen molar-refractivity contribution in [3.05, 3.63) is 0 Å². The lowest BCUT2D eigenvalue weighted by Gasteiger charge is -2.15. The molecule has 0 radical (unpaired) electrons. The van der Waals surface area contributed by atoms with Crippen LogP contribution in [-0.2, 0) is 10.0 Å². The zero-order valence-corrected chi connectivity index (χ0v) is 10.8. The van der Waals surface area contributed by atoms with Gasteiger partial charge in [-0.05, 0) is 32.4 Å². The van der Waals surface area contributed by atoms with E-state index < -0.39 is 10.0 Å². The van der Waals surface area contributed by atoms with Gasteiger partial charge in [0.1, 0.15) is 0 Å². The van der Waals surface area contributed by atoms with Crippen LogP contribution in [0.2, 0.25) is 0 Å². The molecule has 0 bridgehead atoms. The number of sulfonamides is 1. The van der Waals surface area contributed by atoms with Gasteiger partial charge in [0.15, 0.2) is 0 Å². The lowest BCUT2D eigenvalue weighted by molar-refractivity contribution is 0.480. The highest BCUT2D eigenvalue weighted by Crippen LogP contribution is 2.04. The molecule has 0 saturated carbocycles. The normalized spacial score (nSPS) is 22.9. The van der Waals surface area contributed by atoms with E-state index in [0.717, 1.165) is 32.4 Å². The maximum Gasteiger partial charge on any atom is 0.212 e. The highest BCUT2D eigenvalue weighted by molar-refractivity contribution is 7.89. The average Bonchev–Trinajstić information content (AvgIpc) is 2.46. The Balaban J connectivity index is 2.18. The summed E-state index contributed by atoms with van der Waals surface area (Å²) in [6.45, 7) is 4.91. The monoisotopic (exact) mass is 249 g/mol. The summed E-state index contributed by atoms with van der Waals surface area (Å²) in [6, 6.07) is 0.465. The Labute approximate surface area is 98.4 Å². The van der Waals surface area contributed by atoms with Crippen molar-refractivity contribution in [2.45, 2.75) is 32.2 Å². The van der Waals surface area contributed by atoms with Crippen LogP contribution in [0.25, 0.3) is 0 Å². The van der Waals surface area contributed by atoms with E-state index in [1.807, 2.05) is 0 Å². The number of rotatable bonds is 6. The van der Waals surface area contributed by atoms with Gasteiger partial charge < -0.3 is 10.6 Å². The second-order valence-electron chi connectivity index (χ2n) is 4.15. The maximum atomic E-state index is 11.4. The summed E-state index contributed by atoms with van der Waals surface area (Å²) in [5.41, 5.74) is 0. The van der Waals surface area contributed by atoms with E-state index in [1.165, 1.54) is 0 Å². The fourth-order valence-electron chi connectivity index (χ4n) is 1.91. The summed E-state index contributed by atoms with van der Waals surface area (Å²) in [5, 5.41) is 6.65. The Kier molecular flexibility index (Phi) is 6.26. The minimum Gasteiger partial charge on any atom is -0.317 e. The van der Waals surface area contributed by atoms with Crippen LogP contribution in [0.5, 0.6) is 0 Å². The molecule has 1 aliphatic heterocycles. The van der Waals surface area contributed by atoms with Crippen LogP contribution < -0.4 is 15.4 Å². The van der Waals surface area contributed by atoms with Crippen molar-refractivity contribution in [2.75, 3.05) is 31.9 Å². The van der Waals surface area contributed by atoms with E-state index in [2.05, 4.69) is 15.4 Å². The Morgan fingerprint density at radius 1 is 1.31 bits per heavy atom. The topological polar surface area (TPSA) is 70.2 Å². The van der Waals surface area contributed by atoms with Gasteiger partial charge in [0.2, 0.25) is 10.0 Å². The largest absolute Gasteiger partial charge is 0.317 e. The fraction of sp³-hybridized carbons (Fsp3) is 1.00. The van der Waals surface area contributed by atoms with E-state index in [4.69, 9.17) is 0 Å². The SMILES string of the molecule is CCNS(=O)(=O)CCNC1CCCNCC1. The number of hydrogen-bond acceptors (Lipinski definition) is 4. The summed E-state index contributed by atoms with van der Waals surface area (Å²) in [4.78, 5) is 0. The molecule has 0 spiro atoms. The summed E-state index contributed by atoms with van der Waals surface area (Å²) < 4.78 is 25.2. The smallest absolute Gasteiger partial charge is 0.212 e. The molecule has 0 amide bonds. The molecule has 1 aliphatic rings. The Morgan fingerprint density at radius 3 is 2.88 bits per heavy atom. The van der Waals surface area contributed by atoms with Crippen LogP contribution >= 0.6 is 0 Å². The van der Waals surface area contributed by atoms with Crippen LogP contribution in [0.4, 0.5) is 0 Å². The standard InChI is InChI=1S/C10H23N3O2S/c1-2-13-16(14,15)9-8-12-10-4-3-6-11-7-5-10/h10-13H,2-9H2,1H3. The third-order valence-electron chi connectivity index (χ3n) is 2.74. The molecule has 96 valence electrons. The van der Waals surface area contributed by atoms with E-state index in [-0.39, 0.29) is 5.75 Å². The Hall–Kier alpha value is -0.170. The highest BCUT2D eigenvalue weighted by atomic mass is 32.2. The van der Waals surface area contributed by atoms with Crippen molar-refractivity contribution < 1.29 is 8.42 Å². The highest BCUT2D eigenvalue weighted by Gasteiger charge is 2.13. The second kappa shape index (κ2) is 7.21. The third-order valence-corrected chi connectivity index (χ3v) is 4.21. The van der Waals surface area contributed by atoms with Gasteiger partial charge in [-0.2, -0.15) is 0 Å². The van der Waals surface area contributed by atoms with Crippen LogP contribution in [0.15, 0.2) is 0 Å². The molecular weight excluding hydrogens is 226 g/mol. The van der Waals surface area contributed by atoms with Crippen molar-refractivity contribution >= 4 is 10.0 Å². The summed E-state index contributed by atoms with van der Waals surface area (Å²) >= 11 is 0. The van der Waals surface area contributed by atoms with E-state index >= 15 is 0 Å².